The van der Waals surface area contributed by atoms with Crippen molar-refractivity contribution in [3.05, 3.63) is 100 Å². The number of ether oxygens (including phenoxy) is 4. The molecular formula is C32H31N5O7. The number of rotatable bonds is 12. The first kappa shape index (κ1) is 31.1. The molecule has 12 nitrogen and oxygen atoms in total. The molecule has 226 valence electrons. The number of hydrazone groups is 1. The first-order valence-corrected chi connectivity index (χ1v) is 13.6. The highest BCUT2D eigenvalue weighted by Crippen LogP contribution is 2.34. The Labute approximate surface area is 254 Å². The molecule has 1 atom stereocenters. The summed E-state index contributed by atoms with van der Waals surface area (Å²) in [5.74, 6) is 0.0794. The average molecular weight is 598 g/mol. The fourth-order valence-electron chi connectivity index (χ4n) is 4.36. The van der Waals surface area contributed by atoms with Crippen LogP contribution in [0, 0.1) is 11.3 Å². The van der Waals surface area contributed by atoms with Crippen LogP contribution in [0.4, 0.5) is 4.79 Å². The number of nitriles is 1. The highest BCUT2D eigenvalue weighted by atomic mass is 16.5. The highest BCUT2D eigenvalue weighted by molar-refractivity contribution is 5.95. The third kappa shape index (κ3) is 7.92. The van der Waals surface area contributed by atoms with Crippen molar-refractivity contribution in [1.29, 1.82) is 5.26 Å². The summed E-state index contributed by atoms with van der Waals surface area (Å²) in [5.41, 5.74) is 5.63. The molecule has 0 unspecified atom stereocenters. The van der Waals surface area contributed by atoms with Crippen LogP contribution in [0.3, 0.4) is 0 Å². The molecular weight excluding hydrogens is 566 g/mol. The minimum absolute atomic E-state index is 0.180. The number of hydrogen-bond acceptors (Lipinski definition) is 9. The van der Waals surface area contributed by atoms with Crippen molar-refractivity contribution in [2.75, 3.05) is 20.3 Å². The van der Waals surface area contributed by atoms with E-state index in [1.807, 2.05) is 12.1 Å². The van der Waals surface area contributed by atoms with E-state index in [2.05, 4.69) is 27.2 Å². The van der Waals surface area contributed by atoms with Crippen molar-refractivity contribution in [2.24, 2.45) is 5.10 Å². The summed E-state index contributed by atoms with van der Waals surface area (Å²) >= 11 is 0. The van der Waals surface area contributed by atoms with E-state index in [4.69, 9.17) is 18.9 Å². The van der Waals surface area contributed by atoms with Crippen LogP contribution in [0.1, 0.15) is 42.1 Å². The van der Waals surface area contributed by atoms with E-state index in [1.54, 1.807) is 68.4 Å². The molecule has 4 rings (SSSR count). The number of nitrogens with one attached hydrogen (secondary N) is 3. The summed E-state index contributed by atoms with van der Waals surface area (Å²) in [6.45, 7) is 3.38. The molecule has 0 saturated heterocycles. The van der Waals surface area contributed by atoms with Gasteiger partial charge < -0.3 is 29.6 Å². The zero-order valence-corrected chi connectivity index (χ0v) is 24.4. The second-order valence-corrected chi connectivity index (χ2v) is 9.41. The quantitative estimate of drug-likeness (QED) is 0.161. The fraction of sp³-hybridized carbons (Fsp3) is 0.219. The molecule has 0 bridgehead atoms. The highest BCUT2D eigenvalue weighted by Gasteiger charge is 2.32. The van der Waals surface area contributed by atoms with E-state index >= 15 is 0 Å². The van der Waals surface area contributed by atoms with Crippen LogP contribution in [0.15, 0.2) is 83.1 Å². The maximum atomic E-state index is 12.6. The Morgan fingerprint density at radius 3 is 2.66 bits per heavy atom. The van der Waals surface area contributed by atoms with Gasteiger partial charge in [-0.3, -0.25) is 4.79 Å². The van der Waals surface area contributed by atoms with Crippen LogP contribution in [0.2, 0.25) is 0 Å². The van der Waals surface area contributed by atoms with Gasteiger partial charge in [0, 0.05) is 11.3 Å². The predicted octanol–water partition coefficient (Wildman–Crippen LogP) is 3.87. The van der Waals surface area contributed by atoms with Crippen LogP contribution >= 0.6 is 0 Å². The number of carbonyl (C=O) groups excluding carboxylic acids is 3. The van der Waals surface area contributed by atoms with Crippen molar-refractivity contribution in [3.8, 4) is 23.3 Å². The lowest BCUT2D eigenvalue weighted by Gasteiger charge is -2.28. The molecule has 44 heavy (non-hydrogen) atoms. The van der Waals surface area contributed by atoms with Gasteiger partial charge in [0.25, 0.3) is 5.91 Å². The van der Waals surface area contributed by atoms with Gasteiger partial charge in [0.05, 0.1) is 43.2 Å². The molecule has 3 amide bonds. The minimum atomic E-state index is -0.777. The number of methoxy groups -OCH3 is 1. The van der Waals surface area contributed by atoms with Crippen molar-refractivity contribution in [1.82, 2.24) is 16.1 Å². The van der Waals surface area contributed by atoms with Crippen LogP contribution in [0.25, 0.3) is 0 Å². The van der Waals surface area contributed by atoms with Crippen molar-refractivity contribution in [2.45, 2.75) is 26.5 Å². The third-order valence-corrected chi connectivity index (χ3v) is 6.44. The van der Waals surface area contributed by atoms with Crippen LogP contribution < -0.4 is 30.3 Å². The van der Waals surface area contributed by atoms with Gasteiger partial charge in [-0.15, -0.1) is 0 Å². The SMILES string of the molecule is CCOC(=O)C1=C(C)NC(=O)N[C@H]1c1ccc(OCC(=O)N/N=C/c2cccc(OCc3ccccc3C#N)c2)c(OC)c1. The molecule has 0 aliphatic carbocycles. The molecule has 0 radical (unpaired) electrons. The normalized spacial score (nSPS) is 14.2. The van der Waals surface area contributed by atoms with Gasteiger partial charge in [0.2, 0.25) is 0 Å². The summed E-state index contributed by atoms with van der Waals surface area (Å²) < 4.78 is 22.1. The van der Waals surface area contributed by atoms with Crippen molar-refractivity contribution >= 4 is 24.1 Å². The second kappa shape index (κ2) is 14.9. The topological polar surface area (TPSA) is 160 Å². The van der Waals surface area contributed by atoms with E-state index in [1.165, 1.54) is 13.3 Å². The molecule has 0 spiro atoms. The summed E-state index contributed by atoms with van der Waals surface area (Å²) in [4.78, 5) is 37.1. The van der Waals surface area contributed by atoms with Crippen LogP contribution in [-0.4, -0.2) is 44.4 Å². The largest absolute Gasteiger partial charge is 0.493 e. The van der Waals surface area contributed by atoms with E-state index in [9.17, 15) is 19.6 Å². The van der Waals surface area contributed by atoms with Crippen LogP contribution in [0.5, 0.6) is 17.2 Å². The van der Waals surface area contributed by atoms with Crippen molar-refractivity contribution < 1.29 is 33.3 Å². The maximum Gasteiger partial charge on any atom is 0.338 e. The molecule has 1 aliphatic heterocycles. The standard InChI is InChI=1S/C32H31N5O7/c1-4-42-31(39)29-20(2)35-32(40)36-30(29)22-12-13-26(27(15-22)41-3)44-19-28(38)37-34-17-21-8-7-11-25(14-21)43-18-24-10-6-5-9-23(24)16-33/h5-15,17,30H,4,18-19H2,1-3H3,(H,37,38)(H2,35,36,40)/b34-17+/t30-/m0/s1. The number of urea groups is 1. The zero-order chi connectivity index (χ0) is 31.5. The Morgan fingerprint density at radius 2 is 1.89 bits per heavy atom. The lowest BCUT2D eigenvalue weighted by Crippen LogP contribution is -2.45. The number of allylic oxidation sites excluding steroid dienone is 1. The Balaban J connectivity index is 1.34. The zero-order valence-electron chi connectivity index (χ0n) is 24.4. The number of esters is 1. The lowest BCUT2D eigenvalue weighted by molar-refractivity contribution is -0.139. The van der Waals surface area contributed by atoms with Gasteiger partial charge in [0.1, 0.15) is 12.4 Å². The Morgan fingerprint density at radius 1 is 1.07 bits per heavy atom. The van der Waals surface area contributed by atoms with Gasteiger partial charge in [-0.2, -0.15) is 10.4 Å². The van der Waals surface area contributed by atoms with Gasteiger partial charge in [0.15, 0.2) is 18.1 Å². The van der Waals surface area contributed by atoms with Crippen LogP contribution in [-0.2, 0) is 20.9 Å². The molecule has 0 saturated carbocycles. The number of hydrogen-bond donors (Lipinski definition) is 3. The fourth-order valence-corrected chi connectivity index (χ4v) is 4.36. The van der Waals surface area contributed by atoms with E-state index in [0.717, 1.165) is 5.56 Å². The minimum Gasteiger partial charge on any atom is -0.493 e. The number of amides is 3. The number of carbonyl (C=O) groups is 3. The van der Waals surface area contributed by atoms with Gasteiger partial charge >= 0.3 is 12.0 Å². The molecule has 3 N–H and O–H groups in total. The van der Waals surface area contributed by atoms with E-state index in [-0.39, 0.29) is 31.1 Å². The molecule has 12 heteroatoms. The smallest absolute Gasteiger partial charge is 0.338 e. The molecule has 1 aliphatic rings. The van der Waals surface area contributed by atoms with Crippen molar-refractivity contribution in [3.63, 3.8) is 0 Å². The summed E-state index contributed by atoms with van der Waals surface area (Å²) in [6, 6.07) is 20.1. The average Bonchev–Trinajstić information content (AvgIpc) is 3.02. The predicted molar refractivity (Wildman–Crippen MR) is 160 cm³/mol. The Kier molecular flexibility index (Phi) is 10.5. The second-order valence-electron chi connectivity index (χ2n) is 9.41. The van der Waals surface area contributed by atoms with Gasteiger partial charge in [-0.1, -0.05) is 36.4 Å². The molecule has 3 aromatic carbocycles. The first-order valence-electron chi connectivity index (χ1n) is 13.6. The summed E-state index contributed by atoms with van der Waals surface area (Å²) in [6.07, 6.45) is 1.47. The number of benzene rings is 3. The third-order valence-electron chi connectivity index (χ3n) is 6.44. The Hall–Kier alpha value is -5.83. The first-order chi connectivity index (χ1) is 21.3. The van der Waals surface area contributed by atoms with E-state index in [0.29, 0.717) is 33.9 Å². The Bertz CT molecular complexity index is 1640. The molecule has 3 aromatic rings. The number of nitrogens with zero attached hydrogens (tertiary/aromatic N) is 2. The van der Waals surface area contributed by atoms with E-state index < -0.39 is 23.9 Å². The van der Waals surface area contributed by atoms with Gasteiger partial charge in [-0.05, 0) is 55.3 Å². The summed E-state index contributed by atoms with van der Waals surface area (Å²) in [7, 11) is 1.44. The summed E-state index contributed by atoms with van der Waals surface area (Å²) in [5, 5.41) is 18.5. The lowest BCUT2D eigenvalue weighted by atomic mass is 9.95. The monoisotopic (exact) mass is 597 g/mol. The van der Waals surface area contributed by atoms with Gasteiger partial charge in [-0.25, -0.2) is 15.0 Å². The molecule has 0 aromatic heterocycles. The maximum absolute atomic E-state index is 12.6. The molecule has 1 heterocycles. The molecule has 0 fully saturated rings.